The molecule has 31 heavy (non-hydrogen) atoms. The maximum atomic E-state index is 13.1. The number of carbonyl (C=O) groups is 2. The van der Waals surface area contributed by atoms with Gasteiger partial charge in [-0.05, 0) is 36.8 Å². The molecular formula is C22H21ClN4O4. The van der Waals surface area contributed by atoms with Crippen molar-refractivity contribution in [2.75, 3.05) is 37.7 Å². The van der Waals surface area contributed by atoms with Crippen LogP contribution in [-0.2, 0) is 4.79 Å². The Bertz CT molecular complexity index is 1070. The highest BCUT2D eigenvalue weighted by atomic mass is 35.5. The molecule has 1 atom stereocenters. The number of rotatable bonds is 4. The average molecular weight is 441 g/mol. The number of para-hydroxylation sites is 2. The Morgan fingerprint density at radius 1 is 1.23 bits per heavy atom. The molecule has 0 saturated carbocycles. The van der Waals surface area contributed by atoms with Crippen LogP contribution in [0.1, 0.15) is 12.0 Å². The zero-order chi connectivity index (χ0) is 21.4. The fourth-order valence-electron chi connectivity index (χ4n) is 3.93. The minimum atomic E-state index is -0.307. The van der Waals surface area contributed by atoms with Crippen LogP contribution in [0.15, 0.2) is 47.5 Å². The molecule has 8 nitrogen and oxygen atoms in total. The second kappa shape index (κ2) is 8.11. The van der Waals surface area contributed by atoms with Gasteiger partial charge in [-0.3, -0.25) is 19.6 Å². The van der Waals surface area contributed by atoms with Crippen LogP contribution in [-0.4, -0.2) is 61.6 Å². The topological polar surface area (TPSA) is 83.5 Å². The van der Waals surface area contributed by atoms with Gasteiger partial charge in [0.25, 0.3) is 0 Å². The molecule has 1 N–H and O–H groups in total. The number of ether oxygens (including phenoxy) is 2. The molecule has 0 aromatic heterocycles. The van der Waals surface area contributed by atoms with Crippen molar-refractivity contribution < 1.29 is 19.1 Å². The largest absolute Gasteiger partial charge is 0.486 e. The predicted molar refractivity (Wildman–Crippen MR) is 116 cm³/mol. The van der Waals surface area contributed by atoms with Gasteiger partial charge in [0, 0.05) is 23.7 Å². The lowest BCUT2D eigenvalue weighted by molar-refractivity contribution is -0.120. The predicted octanol–water partition coefficient (Wildman–Crippen LogP) is 2.69. The zero-order valence-corrected chi connectivity index (χ0v) is 17.5. The van der Waals surface area contributed by atoms with E-state index in [-0.39, 0.29) is 31.1 Å². The third kappa shape index (κ3) is 3.79. The molecule has 9 heteroatoms. The van der Waals surface area contributed by atoms with Crippen molar-refractivity contribution >= 4 is 35.1 Å². The van der Waals surface area contributed by atoms with Crippen LogP contribution in [0, 0.1) is 0 Å². The average Bonchev–Trinajstić information content (AvgIpc) is 2.80. The molecule has 3 heterocycles. The van der Waals surface area contributed by atoms with Gasteiger partial charge in [0.1, 0.15) is 25.1 Å². The van der Waals surface area contributed by atoms with Crippen LogP contribution in [0.25, 0.3) is 0 Å². The Balaban J connectivity index is 1.29. The molecule has 3 aliphatic rings. The highest BCUT2D eigenvalue weighted by Gasteiger charge is 2.37. The number of carbonyl (C=O) groups excluding carboxylic acids is 2. The van der Waals surface area contributed by atoms with Gasteiger partial charge >= 0.3 is 6.03 Å². The Morgan fingerprint density at radius 2 is 2.06 bits per heavy atom. The number of nitrogens with zero attached hydrogens (tertiary/aromatic N) is 3. The SMILES string of the molecule is O=C(CN1C(=O)N2CCCN=C2c2ccc(Cl)cc21)NCC1COc2ccccc2O1. The maximum Gasteiger partial charge on any atom is 0.330 e. The summed E-state index contributed by atoms with van der Waals surface area (Å²) < 4.78 is 11.6. The Kier molecular flexibility index (Phi) is 5.15. The fraction of sp³-hybridized carbons (Fsp3) is 0.318. The minimum Gasteiger partial charge on any atom is -0.486 e. The number of anilines is 1. The van der Waals surface area contributed by atoms with E-state index in [4.69, 9.17) is 21.1 Å². The number of benzene rings is 2. The standard InChI is InChI=1S/C22H21ClN4O4/c23-14-6-7-16-17(10-14)27(22(29)26-9-3-8-24-21(16)26)12-20(28)25-11-15-13-30-18-4-1-2-5-19(18)31-15/h1-2,4-7,10,15H,3,8-9,11-13H2,(H,25,28). The maximum absolute atomic E-state index is 13.1. The number of hydrogen-bond acceptors (Lipinski definition) is 5. The van der Waals surface area contributed by atoms with E-state index in [0.717, 1.165) is 12.0 Å². The van der Waals surface area contributed by atoms with Crippen molar-refractivity contribution in [1.29, 1.82) is 0 Å². The molecule has 0 aliphatic carbocycles. The third-order valence-electron chi connectivity index (χ3n) is 5.41. The zero-order valence-electron chi connectivity index (χ0n) is 16.7. The molecule has 0 radical (unpaired) electrons. The second-order valence-electron chi connectivity index (χ2n) is 7.54. The first kappa shape index (κ1) is 19.7. The smallest absolute Gasteiger partial charge is 0.330 e. The summed E-state index contributed by atoms with van der Waals surface area (Å²) in [6, 6.07) is 12.5. The lowest BCUT2D eigenvalue weighted by Gasteiger charge is -2.39. The van der Waals surface area contributed by atoms with Crippen molar-refractivity contribution in [3.05, 3.63) is 53.1 Å². The van der Waals surface area contributed by atoms with Crippen LogP contribution >= 0.6 is 11.6 Å². The van der Waals surface area contributed by atoms with Gasteiger partial charge in [-0.2, -0.15) is 0 Å². The van der Waals surface area contributed by atoms with Gasteiger partial charge in [0.2, 0.25) is 5.91 Å². The summed E-state index contributed by atoms with van der Waals surface area (Å²) in [4.78, 5) is 33.4. The molecular weight excluding hydrogens is 420 g/mol. The minimum absolute atomic E-state index is 0.125. The summed E-state index contributed by atoms with van der Waals surface area (Å²) in [5, 5.41) is 3.34. The highest BCUT2D eigenvalue weighted by molar-refractivity contribution is 6.31. The Hall–Kier alpha value is -3.26. The number of amides is 3. The van der Waals surface area contributed by atoms with Crippen LogP contribution in [0.3, 0.4) is 0 Å². The summed E-state index contributed by atoms with van der Waals surface area (Å²) in [5.41, 5.74) is 1.40. The van der Waals surface area contributed by atoms with E-state index in [1.165, 1.54) is 4.90 Å². The molecule has 3 amide bonds. The number of aliphatic imine (C=N–C) groups is 1. The molecule has 1 unspecified atom stereocenters. The molecule has 2 aromatic rings. The molecule has 0 spiro atoms. The van der Waals surface area contributed by atoms with Gasteiger partial charge in [0.05, 0.1) is 12.2 Å². The molecule has 0 bridgehead atoms. The van der Waals surface area contributed by atoms with Gasteiger partial charge in [-0.15, -0.1) is 0 Å². The van der Waals surface area contributed by atoms with Gasteiger partial charge in [-0.1, -0.05) is 23.7 Å². The van der Waals surface area contributed by atoms with E-state index in [1.807, 2.05) is 30.3 Å². The number of halogens is 1. The molecule has 2 aromatic carbocycles. The monoisotopic (exact) mass is 440 g/mol. The summed E-state index contributed by atoms with van der Waals surface area (Å²) in [5.74, 6) is 1.70. The van der Waals surface area contributed by atoms with E-state index in [9.17, 15) is 9.59 Å². The number of nitrogens with one attached hydrogen (secondary N) is 1. The van der Waals surface area contributed by atoms with Crippen molar-refractivity contribution in [3.8, 4) is 11.5 Å². The molecule has 3 aliphatic heterocycles. The number of hydrogen-bond donors (Lipinski definition) is 1. The van der Waals surface area contributed by atoms with Gasteiger partial charge in [0.15, 0.2) is 11.5 Å². The quantitative estimate of drug-likeness (QED) is 0.792. The number of urea groups is 1. The molecule has 0 fully saturated rings. The summed E-state index contributed by atoms with van der Waals surface area (Å²) in [7, 11) is 0. The van der Waals surface area contributed by atoms with Crippen molar-refractivity contribution in [3.63, 3.8) is 0 Å². The van der Waals surface area contributed by atoms with Crippen LogP contribution in [0.5, 0.6) is 11.5 Å². The van der Waals surface area contributed by atoms with Crippen LogP contribution in [0.2, 0.25) is 5.02 Å². The summed E-state index contributed by atoms with van der Waals surface area (Å²) >= 11 is 6.18. The van der Waals surface area contributed by atoms with Crippen molar-refractivity contribution in [1.82, 2.24) is 10.2 Å². The molecule has 0 saturated heterocycles. The van der Waals surface area contributed by atoms with E-state index in [1.54, 1.807) is 17.0 Å². The van der Waals surface area contributed by atoms with Crippen LogP contribution < -0.4 is 19.7 Å². The Morgan fingerprint density at radius 3 is 2.94 bits per heavy atom. The van der Waals surface area contributed by atoms with Gasteiger partial charge < -0.3 is 14.8 Å². The van der Waals surface area contributed by atoms with Crippen molar-refractivity contribution in [2.45, 2.75) is 12.5 Å². The van der Waals surface area contributed by atoms with Gasteiger partial charge in [-0.25, -0.2) is 4.79 Å². The van der Waals surface area contributed by atoms with E-state index < -0.39 is 0 Å². The number of amidine groups is 1. The normalized spacial score (nSPS) is 19.3. The van der Waals surface area contributed by atoms with E-state index in [2.05, 4.69) is 10.3 Å². The lowest BCUT2D eigenvalue weighted by atomic mass is 10.1. The summed E-state index contributed by atoms with van der Waals surface area (Å²) in [6.07, 6.45) is 0.483. The number of fused-ring (bicyclic) bond motifs is 4. The Labute approximate surface area is 184 Å². The van der Waals surface area contributed by atoms with E-state index >= 15 is 0 Å². The summed E-state index contributed by atoms with van der Waals surface area (Å²) in [6.45, 7) is 1.74. The van der Waals surface area contributed by atoms with E-state index in [0.29, 0.717) is 47.7 Å². The third-order valence-corrected chi connectivity index (χ3v) is 5.64. The molecule has 160 valence electrons. The second-order valence-corrected chi connectivity index (χ2v) is 7.98. The van der Waals surface area contributed by atoms with Crippen molar-refractivity contribution in [2.24, 2.45) is 4.99 Å². The lowest BCUT2D eigenvalue weighted by Crippen LogP contribution is -2.55. The first-order chi connectivity index (χ1) is 15.1. The first-order valence-corrected chi connectivity index (χ1v) is 10.6. The van der Waals surface area contributed by atoms with Crippen LogP contribution in [0.4, 0.5) is 10.5 Å². The highest BCUT2D eigenvalue weighted by Crippen LogP contribution is 2.33. The fourth-order valence-corrected chi connectivity index (χ4v) is 4.10. The first-order valence-electron chi connectivity index (χ1n) is 10.2. The molecule has 5 rings (SSSR count).